The van der Waals surface area contributed by atoms with E-state index in [0.717, 1.165) is 21.6 Å². The van der Waals surface area contributed by atoms with E-state index in [-0.39, 0.29) is 43.7 Å². The number of rotatable bonds is 26. The lowest BCUT2D eigenvalue weighted by Gasteiger charge is -2.35. The minimum Gasteiger partial charge on any atom is -0.508 e. The molecule has 0 radical (unpaired) electrons. The van der Waals surface area contributed by atoms with Crippen molar-refractivity contribution in [2.45, 2.75) is 156 Å². The number of carboxylic acid groups (broad SMARTS) is 1. The van der Waals surface area contributed by atoms with Gasteiger partial charge in [0, 0.05) is 58.3 Å². The zero-order chi connectivity index (χ0) is 61.7. The van der Waals surface area contributed by atoms with E-state index in [9.17, 15) is 93.9 Å². The molecule has 4 aliphatic heterocycles. The van der Waals surface area contributed by atoms with Gasteiger partial charge in [-0.3, -0.25) is 43.2 Å². The van der Waals surface area contributed by atoms with Crippen LogP contribution in [0.1, 0.15) is 69.4 Å². The van der Waals surface area contributed by atoms with Crippen molar-refractivity contribution in [1.82, 2.24) is 46.2 Å². The van der Waals surface area contributed by atoms with Crippen LogP contribution in [-0.2, 0) is 60.8 Å². The van der Waals surface area contributed by atoms with E-state index in [1.165, 1.54) is 53.4 Å². The summed E-state index contributed by atoms with van der Waals surface area (Å²) in [6.07, 6.45) is -5.91. The van der Waals surface area contributed by atoms with Crippen molar-refractivity contribution in [3.05, 3.63) is 59.7 Å². The number of aliphatic hydroxyl groups is 6. The van der Waals surface area contributed by atoms with Crippen molar-refractivity contribution in [1.29, 1.82) is 0 Å². The predicted molar refractivity (Wildman–Crippen MR) is 291 cm³/mol. The molecular weight excluding hydrogens is 1110 g/mol. The van der Waals surface area contributed by atoms with Gasteiger partial charge in [-0.1, -0.05) is 24.3 Å². The number of aromatic hydroxyl groups is 2. The van der Waals surface area contributed by atoms with Gasteiger partial charge in [0.05, 0.1) is 37.6 Å². The summed E-state index contributed by atoms with van der Waals surface area (Å²) in [6, 6.07) is -4.04. The number of phenols is 2. The number of aliphatic carboxylic acids is 1. The van der Waals surface area contributed by atoms with E-state index in [4.69, 9.17) is 11.5 Å². The number of benzene rings is 2. The summed E-state index contributed by atoms with van der Waals surface area (Å²) >= 11 is 0. The second kappa shape index (κ2) is 29.8. The predicted octanol–water partition coefficient (Wildman–Crippen LogP) is -6.91. The number of hydrogen-bond acceptors (Lipinski definition) is 20. The lowest BCUT2D eigenvalue weighted by Crippen LogP contribution is -2.61. The highest BCUT2D eigenvalue weighted by Gasteiger charge is 2.51. The maximum Gasteiger partial charge on any atom is 0.326 e. The van der Waals surface area contributed by atoms with Crippen LogP contribution in [0.4, 0.5) is 0 Å². The molecule has 30 heteroatoms. The Morgan fingerprint density at radius 2 is 1.05 bits per heavy atom. The first-order valence-electron chi connectivity index (χ1n) is 27.8. The fourth-order valence-electron chi connectivity index (χ4n) is 10.9. The number of nitrogens with one attached hydrogen (secondary N) is 5. The molecule has 2 aromatic carbocycles. The molecule has 4 fully saturated rings. The Labute approximate surface area is 482 Å². The number of likely N-dealkylation sites (tertiary alicyclic amines) is 4. The number of nitrogens with zero attached hydrogens (tertiary/aromatic N) is 4. The molecule has 84 heavy (non-hydrogen) atoms. The minimum absolute atomic E-state index is 0.0781. The Balaban J connectivity index is 1.17. The normalized spacial score (nSPS) is 23.8. The van der Waals surface area contributed by atoms with Gasteiger partial charge in [-0.25, -0.2) is 4.79 Å². The first-order valence-corrected chi connectivity index (χ1v) is 27.8. The van der Waals surface area contributed by atoms with Gasteiger partial charge in [0.2, 0.25) is 53.2 Å². The van der Waals surface area contributed by atoms with Crippen molar-refractivity contribution >= 4 is 59.1 Å². The third-order valence-corrected chi connectivity index (χ3v) is 15.4. The third-order valence-electron chi connectivity index (χ3n) is 15.4. The van der Waals surface area contributed by atoms with Gasteiger partial charge >= 0.3 is 5.97 Å². The Bertz CT molecular complexity index is 2690. The molecule has 2 aromatic rings. The third kappa shape index (κ3) is 16.6. The molecule has 462 valence electrons. The van der Waals surface area contributed by atoms with Crippen LogP contribution in [0.3, 0.4) is 0 Å². The molecule has 0 aliphatic carbocycles. The number of amides is 9. The molecule has 4 aliphatic rings. The summed E-state index contributed by atoms with van der Waals surface area (Å²) in [5, 5.41) is 105. The van der Waals surface area contributed by atoms with Crippen LogP contribution in [0.5, 0.6) is 11.5 Å². The van der Waals surface area contributed by atoms with Crippen LogP contribution in [0.15, 0.2) is 48.5 Å². The van der Waals surface area contributed by atoms with Crippen LogP contribution in [-0.4, -0.2) is 255 Å². The molecule has 4 saturated heterocycles. The van der Waals surface area contributed by atoms with E-state index in [0.29, 0.717) is 36.9 Å². The average Bonchev–Trinajstić information content (AvgIpc) is 2.52. The Hall–Kier alpha value is -7.58. The van der Waals surface area contributed by atoms with Crippen molar-refractivity contribution < 1.29 is 93.9 Å². The molecule has 0 saturated carbocycles. The van der Waals surface area contributed by atoms with E-state index in [1.54, 1.807) is 0 Å². The molecule has 9 amide bonds. The number of nitrogens with two attached hydrogens (primary N) is 2. The number of aliphatic hydroxyl groups excluding tert-OH is 6. The van der Waals surface area contributed by atoms with Crippen molar-refractivity contribution in [2.75, 3.05) is 45.9 Å². The fourth-order valence-corrected chi connectivity index (χ4v) is 10.9. The molecule has 0 aromatic heterocycles. The first kappa shape index (κ1) is 65.6. The highest BCUT2D eigenvalue weighted by molar-refractivity contribution is 5.99. The summed E-state index contributed by atoms with van der Waals surface area (Å²) < 4.78 is 0. The molecule has 0 unspecified atom stereocenters. The number of unbranched alkanes of at least 4 members (excludes halogenated alkanes) is 1. The molecule has 4 heterocycles. The molecular formula is C54H77N11O19. The van der Waals surface area contributed by atoms with E-state index in [2.05, 4.69) is 26.6 Å². The summed E-state index contributed by atoms with van der Waals surface area (Å²) in [4.78, 5) is 143. The highest BCUT2D eigenvalue weighted by atomic mass is 16.4. The summed E-state index contributed by atoms with van der Waals surface area (Å²) in [5.41, 5.74) is 12.1. The largest absolute Gasteiger partial charge is 0.508 e. The molecule has 30 nitrogen and oxygen atoms in total. The SMILES string of the molecule is C[C@@H](O)[C@H](NC(=O)[C@@H]1C[C@@H](O)CN1C(=O)[C@@H]1C[C@@H](O)CN1C(=O)[C@@H]1C[C@@H](O)CN1C(=O)[C@H](Cc1ccc(O)cc1)NC(=O)[C@H](CO)NC(=O)[C@@H]1CCCN1C(=O)[C@H](CCCCN)NC(=O)[C@@H](N)CO)C(=O)N[C@@H](Cc1ccc(O)cc1)C(=O)O. The zero-order valence-corrected chi connectivity index (χ0v) is 46.3. The van der Waals surface area contributed by atoms with Crippen LogP contribution in [0, 0.1) is 0 Å². The Morgan fingerprint density at radius 1 is 0.571 bits per heavy atom. The Kier molecular flexibility index (Phi) is 23.3. The first-order chi connectivity index (χ1) is 39.8. The standard InChI is InChI=1S/C54H77N11O19/c1-27(68)44(49(78)59-38(54(83)84)18-29-9-13-31(70)14-10-29)61-48(77)41-19-32(71)22-63(41)52(81)43-21-34(73)24-65(43)53(82)42-20-33(72)23-64(42)51(80)37(17-28-7-11-30(69)12-8-28)58-46(75)39(26-67)60-47(76)40-6-4-16-62(40)50(79)36(5-2-3-15-55)57-45(74)35(56)25-66/h7-14,27,32-44,66-73H,2-6,15-26,55-56H2,1H3,(H,57,74)(H,58,75)(H,59,78)(H,60,76)(H,61,77)(H,83,84)/t27-,32-,33-,34-,35+,36+,37+,38+,39+,40+,41+,42+,43+,44+/m1/s1. The van der Waals surface area contributed by atoms with Gasteiger partial charge in [0.1, 0.15) is 71.9 Å². The van der Waals surface area contributed by atoms with Gasteiger partial charge in [-0.05, 0) is 81.0 Å². The molecule has 14 atom stereocenters. The van der Waals surface area contributed by atoms with Gasteiger partial charge in [-0.15, -0.1) is 0 Å². The van der Waals surface area contributed by atoms with Crippen molar-refractivity contribution in [2.24, 2.45) is 11.5 Å². The number of carbonyl (C=O) groups excluding carboxylic acids is 9. The van der Waals surface area contributed by atoms with Gasteiger partial charge in [0.15, 0.2) is 0 Å². The lowest BCUT2D eigenvalue weighted by atomic mass is 10.0. The fraction of sp³-hybridized carbons (Fsp3) is 0.593. The highest BCUT2D eigenvalue weighted by Crippen LogP contribution is 2.30. The van der Waals surface area contributed by atoms with Crippen LogP contribution in [0.25, 0.3) is 0 Å². The summed E-state index contributed by atoms with van der Waals surface area (Å²) in [7, 11) is 0. The molecule has 0 spiro atoms. The molecule has 0 bridgehead atoms. The average molecular weight is 1180 g/mol. The number of phenolic OH excluding ortho intramolecular Hbond substituents is 2. The Morgan fingerprint density at radius 3 is 1.57 bits per heavy atom. The maximum absolute atomic E-state index is 14.8. The molecule has 18 N–H and O–H groups in total. The quantitative estimate of drug-likeness (QED) is 0.0389. The molecule has 6 rings (SSSR count). The smallest absolute Gasteiger partial charge is 0.326 e. The minimum atomic E-state index is -1.79. The monoisotopic (exact) mass is 1180 g/mol. The van der Waals surface area contributed by atoms with Crippen LogP contribution >= 0.6 is 0 Å². The number of β-amino-alcohol motifs (C(OH)–C–C–N with tert-alkyl or cyclic N) is 3. The van der Waals surface area contributed by atoms with Crippen LogP contribution in [0.2, 0.25) is 0 Å². The topological polar surface area (TPSA) is 478 Å². The van der Waals surface area contributed by atoms with E-state index >= 15 is 0 Å². The number of carbonyl (C=O) groups is 10. The lowest BCUT2D eigenvalue weighted by molar-refractivity contribution is -0.151. The summed E-state index contributed by atoms with van der Waals surface area (Å²) in [6.45, 7) is -1.64. The number of hydrogen-bond donors (Lipinski definition) is 16. The number of carboxylic acids is 1. The van der Waals surface area contributed by atoms with Gasteiger partial charge in [-0.2, -0.15) is 0 Å². The zero-order valence-electron chi connectivity index (χ0n) is 46.3. The van der Waals surface area contributed by atoms with Crippen LogP contribution < -0.4 is 38.1 Å². The second-order valence-corrected chi connectivity index (χ2v) is 21.7. The van der Waals surface area contributed by atoms with E-state index < -0.39 is 196 Å². The van der Waals surface area contributed by atoms with Gasteiger partial charge < -0.3 is 104 Å². The van der Waals surface area contributed by atoms with Gasteiger partial charge in [0.25, 0.3) is 0 Å². The second-order valence-electron chi connectivity index (χ2n) is 21.7. The summed E-state index contributed by atoms with van der Waals surface area (Å²) in [5.74, 6) is -10.1. The van der Waals surface area contributed by atoms with E-state index in [1.807, 2.05) is 0 Å². The van der Waals surface area contributed by atoms with Crippen molar-refractivity contribution in [3.63, 3.8) is 0 Å². The van der Waals surface area contributed by atoms with Crippen molar-refractivity contribution in [3.8, 4) is 11.5 Å². The maximum atomic E-state index is 14.8.